The minimum absolute atomic E-state index is 0.137. The molecule has 4 heteroatoms. The topological polar surface area (TPSA) is 46.2 Å². The van der Waals surface area contributed by atoms with Crippen molar-refractivity contribution in [1.29, 1.82) is 0 Å². The first kappa shape index (κ1) is 19.0. The normalized spacial score (nSPS) is 29.3. The van der Waals surface area contributed by atoms with Crippen LogP contribution < -0.4 is 5.32 Å². The summed E-state index contributed by atoms with van der Waals surface area (Å²) in [7, 11) is -3.05. The third-order valence-electron chi connectivity index (χ3n) is 5.83. The van der Waals surface area contributed by atoms with Gasteiger partial charge < -0.3 is 5.32 Å². The molecule has 21 heavy (non-hydrogen) atoms. The van der Waals surface area contributed by atoms with Gasteiger partial charge in [-0.25, -0.2) is 8.42 Å². The third kappa shape index (κ3) is 4.22. The van der Waals surface area contributed by atoms with Crippen LogP contribution in [0.1, 0.15) is 73.6 Å². The first-order valence-corrected chi connectivity index (χ1v) is 10.3. The van der Waals surface area contributed by atoms with Gasteiger partial charge in [-0.05, 0) is 50.5 Å². The van der Waals surface area contributed by atoms with Crippen LogP contribution in [0.3, 0.4) is 0 Å². The van der Waals surface area contributed by atoms with Gasteiger partial charge in [0.25, 0.3) is 0 Å². The highest BCUT2D eigenvalue weighted by atomic mass is 32.2. The molecule has 126 valence electrons. The lowest BCUT2D eigenvalue weighted by Gasteiger charge is -2.43. The van der Waals surface area contributed by atoms with E-state index < -0.39 is 9.84 Å². The SMILES string of the molecule is CCNC1CCC(C(C)(C)CC)CC1S(=O)(=O)C(C)CC. The fraction of sp³-hybridized carbons (Fsp3) is 1.00. The fourth-order valence-corrected chi connectivity index (χ4v) is 5.77. The maximum atomic E-state index is 12.9. The molecule has 0 bridgehead atoms. The van der Waals surface area contributed by atoms with Gasteiger partial charge in [0.05, 0.1) is 10.5 Å². The Kier molecular flexibility index (Phi) is 6.73. The average Bonchev–Trinajstić information content (AvgIpc) is 2.46. The van der Waals surface area contributed by atoms with Crippen molar-refractivity contribution in [2.45, 2.75) is 90.2 Å². The monoisotopic (exact) mass is 317 g/mol. The maximum Gasteiger partial charge on any atom is 0.157 e. The Balaban J connectivity index is 3.02. The first-order chi connectivity index (χ1) is 9.70. The number of hydrogen-bond acceptors (Lipinski definition) is 3. The zero-order valence-corrected chi connectivity index (χ0v) is 15.6. The molecule has 0 aromatic heterocycles. The van der Waals surface area contributed by atoms with Crippen molar-refractivity contribution >= 4 is 9.84 Å². The Hall–Kier alpha value is -0.0900. The Morgan fingerprint density at radius 3 is 2.29 bits per heavy atom. The van der Waals surface area contributed by atoms with Gasteiger partial charge in [-0.15, -0.1) is 0 Å². The summed E-state index contributed by atoms with van der Waals surface area (Å²) in [4.78, 5) is 0. The Morgan fingerprint density at radius 1 is 1.19 bits per heavy atom. The Morgan fingerprint density at radius 2 is 1.81 bits per heavy atom. The molecule has 3 nitrogen and oxygen atoms in total. The van der Waals surface area contributed by atoms with Crippen molar-refractivity contribution in [2.24, 2.45) is 11.3 Å². The zero-order chi connectivity index (χ0) is 16.3. The van der Waals surface area contributed by atoms with Crippen molar-refractivity contribution in [2.75, 3.05) is 6.54 Å². The molecule has 0 amide bonds. The molecular weight excluding hydrogens is 282 g/mol. The van der Waals surface area contributed by atoms with Crippen LogP contribution in [0.4, 0.5) is 0 Å². The van der Waals surface area contributed by atoms with Crippen LogP contribution in [0.5, 0.6) is 0 Å². The Labute approximate surface area is 132 Å². The van der Waals surface area contributed by atoms with Crippen molar-refractivity contribution in [3.05, 3.63) is 0 Å². The van der Waals surface area contributed by atoms with E-state index >= 15 is 0 Å². The molecule has 0 spiro atoms. The second kappa shape index (κ2) is 7.45. The summed E-state index contributed by atoms with van der Waals surface area (Å²) in [5.74, 6) is 0.515. The number of nitrogens with one attached hydrogen (secondary N) is 1. The molecule has 1 saturated carbocycles. The summed E-state index contributed by atoms with van der Waals surface area (Å²) in [5.41, 5.74) is 0.237. The second-order valence-corrected chi connectivity index (χ2v) is 9.95. The van der Waals surface area contributed by atoms with Crippen LogP contribution in [-0.2, 0) is 9.84 Å². The molecule has 1 aliphatic rings. The molecule has 1 fully saturated rings. The lowest BCUT2D eigenvalue weighted by atomic mass is 9.68. The summed E-state index contributed by atoms with van der Waals surface area (Å²) in [6.45, 7) is 13.5. The van der Waals surface area contributed by atoms with Gasteiger partial charge in [-0.3, -0.25) is 0 Å². The quantitative estimate of drug-likeness (QED) is 0.777. The minimum atomic E-state index is -3.05. The van der Waals surface area contributed by atoms with Gasteiger partial charge in [0.1, 0.15) is 0 Å². The highest BCUT2D eigenvalue weighted by Crippen LogP contribution is 2.42. The van der Waals surface area contributed by atoms with Gasteiger partial charge in [-0.1, -0.05) is 41.0 Å². The van der Waals surface area contributed by atoms with Crippen LogP contribution >= 0.6 is 0 Å². The van der Waals surface area contributed by atoms with Crippen LogP contribution in [-0.4, -0.2) is 31.5 Å². The van der Waals surface area contributed by atoms with Crippen LogP contribution in [0.15, 0.2) is 0 Å². The van der Waals surface area contributed by atoms with E-state index in [1.54, 1.807) is 0 Å². The number of hydrogen-bond donors (Lipinski definition) is 1. The molecule has 0 aromatic rings. The van der Waals surface area contributed by atoms with Gasteiger partial charge in [0, 0.05) is 6.04 Å². The second-order valence-electron chi connectivity index (χ2n) is 7.36. The number of rotatable bonds is 7. The van der Waals surface area contributed by atoms with Crippen LogP contribution in [0.25, 0.3) is 0 Å². The molecule has 0 saturated heterocycles. The Bertz CT molecular complexity index is 417. The van der Waals surface area contributed by atoms with Crippen molar-refractivity contribution in [3.8, 4) is 0 Å². The smallest absolute Gasteiger partial charge is 0.157 e. The van der Waals surface area contributed by atoms with E-state index in [4.69, 9.17) is 0 Å². The molecule has 4 unspecified atom stereocenters. The van der Waals surface area contributed by atoms with E-state index in [-0.39, 0.29) is 22.0 Å². The number of sulfone groups is 1. The van der Waals surface area contributed by atoms with Crippen LogP contribution in [0, 0.1) is 11.3 Å². The first-order valence-electron chi connectivity index (χ1n) is 8.66. The predicted molar refractivity (Wildman–Crippen MR) is 91.3 cm³/mol. The standard InChI is InChI=1S/C17H35NO2S/c1-7-13(4)21(19,20)16-12-14(17(5,6)8-2)10-11-15(16)18-9-3/h13-16,18H,7-12H2,1-6H3. The van der Waals surface area contributed by atoms with Crippen molar-refractivity contribution < 1.29 is 8.42 Å². The highest BCUT2D eigenvalue weighted by Gasteiger charge is 2.43. The summed E-state index contributed by atoms with van der Waals surface area (Å²) in [6, 6.07) is 0.137. The van der Waals surface area contributed by atoms with Gasteiger partial charge in [-0.2, -0.15) is 0 Å². The van der Waals surface area contributed by atoms with Gasteiger partial charge in [0.15, 0.2) is 9.84 Å². The molecule has 0 aromatic carbocycles. The average molecular weight is 318 g/mol. The van der Waals surface area contributed by atoms with E-state index in [0.29, 0.717) is 12.3 Å². The molecule has 1 rings (SSSR count). The molecule has 1 aliphatic carbocycles. The third-order valence-corrected chi connectivity index (χ3v) is 8.65. The van der Waals surface area contributed by atoms with E-state index in [1.165, 1.54) is 0 Å². The molecule has 0 radical (unpaired) electrons. The molecule has 1 N–H and O–H groups in total. The van der Waals surface area contributed by atoms with E-state index in [0.717, 1.165) is 32.2 Å². The predicted octanol–water partition coefficient (Wildman–Crippen LogP) is 3.78. The van der Waals surface area contributed by atoms with Crippen LogP contribution in [0.2, 0.25) is 0 Å². The van der Waals surface area contributed by atoms with E-state index in [1.807, 2.05) is 13.8 Å². The zero-order valence-electron chi connectivity index (χ0n) is 14.8. The summed E-state index contributed by atoms with van der Waals surface area (Å²) < 4.78 is 25.8. The summed E-state index contributed by atoms with van der Waals surface area (Å²) in [5, 5.41) is 2.99. The molecule has 0 heterocycles. The van der Waals surface area contributed by atoms with Gasteiger partial charge in [0.2, 0.25) is 0 Å². The highest BCUT2D eigenvalue weighted by molar-refractivity contribution is 7.92. The van der Waals surface area contributed by atoms with Crippen molar-refractivity contribution in [1.82, 2.24) is 5.32 Å². The van der Waals surface area contributed by atoms with Gasteiger partial charge >= 0.3 is 0 Å². The molecule has 4 atom stereocenters. The van der Waals surface area contributed by atoms with E-state index in [2.05, 4.69) is 33.0 Å². The van der Waals surface area contributed by atoms with E-state index in [9.17, 15) is 8.42 Å². The summed E-state index contributed by atoms with van der Waals surface area (Å²) >= 11 is 0. The lowest BCUT2D eigenvalue weighted by molar-refractivity contribution is 0.139. The summed E-state index contributed by atoms with van der Waals surface area (Å²) in [6.07, 6.45) is 4.78. The molecular formula is C17H35NO2S. The molecule has 0 aliphatic heterocycles. The van der Waals surface area contributed by atoms with Crippen molar-refractivity contribution in [3.63, 3.8) is 0 Å². The fourth-order valence-electron chi connectivity index (χ4n) is 3.52. The maximum absolute atomic E-state index is 12.9. The minimum Gasteiger partial charge on any atom is -0.313 e. The largest absolute Gasteiger partial charge is 0.313 e. The lowest BCUT2D eigenvalue weighted by Crippen LogP contribution is -2.51.